The zero-order chi connectivity index (χ0) is 11.0. The quantitative estimate of drug-likeness (QED) is 0.812. The van der Waals surface area contributed by atoms with E-state index in [1.54, 1.807) is 6.07 Å². The maximum Gasteiger partial charge on any atom is 0.252 e. The molecule has 2 saturated carbocycles. The van der Waals surface area contributed by atoms with Crippen molar-refractivity contribution in [3.63, 3.8) is 0 Å². The summed E-state index contributed by atoms with van der Waals surface area (Å²) in [5.74, 6) is 2.89. The second-order valence-corrected chi connectivity index (χ2v) is 4.97. The SMILES string of the molecule is O=c1cc(NCC2CCC2)nc(C2CC2)[nH]1. The first kappa shape index (κ1) is 9.87. The Morgan fingerprint density at radius 1 is 1.38 bits per heavy atom. The van der Waals surface area contributed by atoms with Crippen molar-refractivity contribution in [2.75, 3.05) is 11.9 Å². The van der Waals surface area contributed by atoms with Crippen molar-refractivity contribution in [1.29, 1.82) is 0 Å². The highest BCUT2D eigenvalue weighted by atomic mass is 16.1. The van der Waals surface area contributed by atoms with E-state index in [-0.39, 0.29) is 5.56 Å². The summed E-state index contributed by atoms with van der Waals surface area (Å²) in [6.07, 6.45) is 6.30. The third-order valence-electron chi connectivity index (χ3n) is 3.52. The highest BCUT2D eigenvalue weighted by Crippen LogP contribution is 2.37. The first-order chi connectivity index (χ1) is 7.81. The second-order valence-electron chi connectivity index (χ2n) is 4.97. The zero-order valence-electron chi connectivity index (χ0n) is 9.33. The van der Waals surface area contributed by atoms with Gasteiger partial charge in [0.25, 0.3) is 5.56 Å². The number of H-pyrrole nitrogens is 1. The maximum absolute atomic E-state index is 11.4. The van der Waals surface area contributed by atoms with Crippen LogP contribution in [0.2, 0.25) is 0 Å². The van der Waals surface area contributed by atoms with Crippen molar-refractivity contribution >= 4 is 5.82 Å². The van der Waals surface area contributed by atoms with Crippen LogP contribution in [0.3, 0.4) is 0 Å². The van der Waals surface area contributed by atoms with Gasteiger partial charge in [0, 0.05) is 18.5 Å². The van der Waals surface area contributed by atoms with Gasteiger partial charge in [-0.3, -0.25) is 4.79 Å². The fraction of sp³-hybridized carbons (Fsp3) is 0.667. The summed E-state index contributed by atoms with van der Waals surface area (Å²) in [5, 5.41) is 3.28. The van der Waals surface area contributed by atoms with E-state index in [2.05, 4.69) is 15.3 Å². The van der Waals surface area contributed by atoms with Gasteiger partial charge < -0.3 is 10.3 Å². The van der Waals surface area contributed by atoms with Crippen LogP contribution >= 0.6 is 0 Å². The van der Waals surface area contributed by atoms with Crippen LogP contribution in [0, 0.1) is 5.92 Å². The minimum Gasteiger partial charge on any atom is -0.370 e. The van der Waals surface area contributed by atoms with Crippen molar-refractivity contribution in [2.45, 2.75) is 38.0 Å². The topological polar surface area (TPSA) is 57.8 Å². The molecule has 86 valence electrons. The normalized spacial score (nSPS) is 20.5. The van der Waals surface area contributed by atoms with Gasteiger partial charge in [0.1, 0.15) is 11.6 Å². The van der Waals surface area contributed by atoms with E-state index in [1.165, 1.54) is 19.3 Å². The van der Waals surface area contributed by atoms with Crippen LogP contribution in [0.5, 0.6) is 0 Å². The number of rotatable bonds is 4. The molecule has 0 spiro atoms. The molecular weight excluding hydrogens is 202 g/mol. The van der Waals surface area contributed by atoms with E-state index in [0.29, 0.717) is 5.92 Å². The molecule has 0 saturated heterocycles. The number of aromatic amines is 1. The van der Waals surface area contributed by atoms with Gasteiger partial charge in [-0.2, -0.15) is 0 Å². The lowest BCUT2D eigenvalue weighted by Crippen LogP contribution is -2.22. The predicted octanol–water partition coefficient (Wildman–Crippen LogP) is 1.86. The fourth-order valence-electron chi connectivity index (χ4n) is 2.06. The molecule has 0 radical (unpaired) electrons. The van der Waals surface area contributed by atoms with E-state index in [4.69, 9.17) is 0 Å². The molecule has 1 aromatic heterocycles. The molecule has 2 fully saturated rings. The summed E-state index contributed by atoms with van der Waals surface area (Å²) >= 11 is 0. The van der Waals surface area contributed by atoms with Crippen LogP contribution in [0.1, 0.15) is 43.8 Å². The number of aromatic nitrogens is 2. The predicted molar refractivity (Wildman–Crippen MR) is 62.7 cm³/mol. The van der Waals surface area contributed by atoms with Gasteiger partial charge in [-0.15, -0.1) is 0 Å². The Morgan fingerprint density at radius 2 is 2.19 bits per heavy atom. The molecule has 2 N–H and O–H groups in total. The highest BCUT2D eigenvalue weighted by molar-refractivity contribution is 5.34. The minimum atomic E-state index is -0.0343. The molecular formula is C12H17N3O. The van der Waals surface area contributed by atoms with E-state index in [0.717, 1.165) is 36.9 Å². The standard InChI is InChI=1S/C12H17N3O/c16-11-6-10(13-7-8-2-1-3-8)14-12(15-11)9-4-5-9/h6,8-9H,1-5,7H2,(H2,13,14,15,16). The molecule has 2 aliphatic carbocycles. The third-order valence-corrected chi connectivity index (χ3v) is 3.52. The van der Waals surface area contributed by atoms with Crippen molar-refractivity contribution in [2.24, 2.45) is 5.92 Å². The Labute approximate surface area is 94.5 Å². The molecule has 3 rings (SSSR count). The molecule has 2 aliphatic rings. The average Bonchev–Trinajstić information content (AvgIpc) is 2.97. The third kappa shape index (κ3) is 2.10. The second kappa shape index (κ2) is 3.92. The van der Waals surface area contributed by atoms with Gasteiger partial charge in [-0.1, -0.05) is 6.42 Å². The van der Waals surface area contributed by atoms with E-state index in [1.807, 2.05) is 0 Å². The fourth-order valence-corrected chi connectivity index (χ4v) is 2.06. The molecule has 0 amide bonds. The smallest absolute Gasteiger partial charge is 0.252 e. The van der Waals surface area contributed by atoms with Crippen LogP contribution in [-0.4, -0.2) is 16.5 Å². The minimum absolute atomic E-state index is 0.0343. The van der Waals surface area contributed by atoms with Crippen molar-refractivity contribution in [3.8, 4) is 0 Å². The van der Waals surface area contributed by atoms with Gasteiger partial charge in [-0.05, 0) is 31.6 Å². The average molecular weight is 219 g/mol. The van der Waals surface area contributed by atoms with Crippen LogP contribution < -0.4 is 10.9 Å². The lowest BCUT2D eigenvalue weighted by Gasteiger charge is -2.25. The van der Waals surface area contributed by atoms with Gasteiger partial charge in [0.05, 0.1) is 0 Å². The van der Waals surface area contributed by atoms with Crippen molar-refractivity contribution < 1.29 is 0 Å². The Morgan fingerprint density at radius 3 is 2.81 bits per heavy atom. The Bertz CT molecular complexity index is 432. The molecule has 0 atom stereocenters. The Hall–Kier alpha value is -1.32. The van der Waals surface area contributed by atoms with Crippen LogP contribution in [0.25, 0.3) is 0 Å². The Balaban J connectivity index is 1.69. The molecule has 0 unspecified atom stereocenters. The maximum atomic E-state index is 11.4. The Kier molecular flexibility index (Phi) is 2.42. The summed E-state index contributed by atoms with van der Waals surface area (Å²) in [6.45, 7) is 0.959. The number of nitrogens with one attached hydrogen (secondary N) is 2. The van der Waals surface area contributed by atoms with Crippen LogP contribution in [0.4, 0.5) is 5.82 Å². The lowest BCUT2D eigenvalue weighted by atomic mass is 9.85. The molecule has 4 heteroatoms. The van der Waals surface area contributed by atoms with E-state index in [9.17, 15) is 4.79 Å². The molecule has 0 bridgehead atoms. The zero-order valence-corrected chi connectivity index (χ0v) is 9.33. The largest absolute Gasteiger partial charge is 0.370 e. The van der Waals surface area contributed by atoms with Gasteiger partial charge >= 0.3 is 0 Å². The summed E-state index contributed by atoms with van der Waals surface area (Å²) < 4.78 is 0. The first-order valence-electron chi connectivity index (χ1n) is 6.16. The molecule has 4 nitrogen and oxygen atoms in total. The summed E-state index contributed by atoms with van der Waals surface area (Å²) in [7, 11) is 0. The van der Waals surface area contributed by atoms with Crippen molar-refractivity contribution in [3.05, 3.63) is 22.2 Å². The van der Waals surface area contributed by atoms with Gasteiger partial charge in [0.15, 0.2) is 0 Å². The molecule has 0 aromatic carbocycles. The van der Waals surface area contributed by atoms with Crippen LogP contribution in [0.15, 0.2) is 10.9 Å². The number of hydrogen-bond donors (Lipinski definition) is 2. The number of anilines is 1. The molecule has 1 heterocycles. The van der Waals surface area contributed by atoms with E-state index < -0.39 is 0 Å². The number of hydrogen-bond acceptors (Lipinski definition) is 3. The van der Waals surface area contributed by atoms with Crippen molar-refractivity contribution in [1.82, 2.24) is 9.97 Å². The highest BCUT2D eigenvalue weighted by Gasteiger charge is 2.26. The molecule has 0 aliphatic heterocycles. The molecule has 1 aromatic rings. The number of nitrogens with zero attached hydrogens (tertiary/aromatic N) is 1. The summed E-state index contributed by atoms with van der Waals surface area (Å²) in [4.78, 5) is 18.7. The summed E-state index contributed by atoms with van der Waals surface area (Å²) in [5.41, 5.74) is -0.0343. The molecule has 16 heavy (non-hydrogen) atoms. The van der Waals surface area contributed by atoms with E-state index >= 15 is 0 Å². The first-order valence-corrected chi connectivity index (χ1v) is 6.16. The van der Waals surface area contributed by atoms with Gasteiger partial charge in [0.2, 0.25) is 0 Å². The van der Waals surface area contributed by atoms with Gasteiger partial charge in [-0.25, -0.2) is 4.98 Å². The lowest BCUT2D eigenvalue weighted by molar-refractivity contribution is 0.333. The van der Waals surface area contributed by atoms with Crippen LogP contribution in [-0.2, 0) is 0 Å². The monoisotopic (exact) mass is 219 g/mol. The summed E-state index contributed by atoms with van der Waals surface area (Å²) in [6, 6.07) is 1.56.